The van der Waals surface area contributed by atoms with Gasteiger partial charge in [-0.1, -0.05) is 18.2 Å². The number of aliphatic hydroxyl groups excluding tert-OH is 1. The van der Waals surface area contributed by atoms with Crippen molar-refractivity contribution in [2.24, 2.45) is 0 Å². The number of hydrogen-bond donors (Lipinski definition) is 1. The van der Waals surface area contributed by atoms with E-state index in [-0.39, 0.29) is 5.82 Å². The van der Waals surface area contributed by atoms with Crippen LogP contribution in [0.1, 0.15) is 18.1 Å². The Hall–Kier alpha value is -0.580. The molecule has 1 saturated heterocycles. The van der Waals surface area contributed by atoms with Crippen molar-refractivity contribution in [2.45, 2.75) is 18.6 Å². The molecule has 0 spiro atoms. The molecule has 0 aliphatic carbocycles. The molecule has 2 rings (SSSR count). The maximum Gasteiger partial charge on any atom is 0.129 e. The summed E-state index contributed by atoms with van der Waals surface area (Å²) in [5, 5.41) is 10.0. The largest absolute Gasteiger partial charge is 0.387 e. The van der Waals surface area contributed by atoms with Gasteiger partial charge in [0.1, 0.15) is 5.82 Å². The second-order valence-electron chi connectivity index (χ2n) is 4.49. The van der Waals surface area contributed by atoms with E-state index in [4.69, 9.17) is 0 Å². The van der Waals surface area contributed by atoms with Crippen LogP contribution in [0.25, 0.3) is 0 Å². The highest BCUT2D eigenvalue weighted by molar-refractivity contribution is 7.99. The lowest BCUT2D eigenvalue weighted by Crippen LogP contribution is -2.35. The Morgan fingerprint density at radius 3 is 2.94 bits per heavy atom. The van der Waals surface area contributed by atoms with Gasteiger partial charge < -0.3 is 5.11 Å². The summed E-state index contributed by atoms with van der Waals surface area (Å²) in [7, 11) is 2.00. The first-order valence-corrected chi connectivity index (χ1v) is 7.04. The Bertz CT molecular complexity index is 368. The van der Waals surface area contributed by atoms with Crippen molar-refractivity contribution in [3.63, 3.8) is 0 Å². The number of nitrogens with zero attached hydrogens (tertiary/aromatic N) is 1. The van der Waals surface area contributed by atoms with Crippen LogP contribution in [0.2, 0.25) is 0 Å². The lowest BCUT2D eigenvalue weighted by molar-refractivity contribution is 0.107. The van der Waals surface area contributed by atoms with Crippen LogP contribution in [0.4, 0.5) is 4.39 Å². The Balaban J connectivity index is 1.96. The van der Waals surface area contributed by atoms with Crippen molar-refractivity contribution in [2.75, 3.05) is 25.1 Å². The topological polar surface area (TPSA) is 23.5 Å². The third-order valence-corrected chi connectivity index (χ3v) is 4.40. The SMILES string of the molecule is CN(CC(O)c1ccccc1F)C1CCSC1. The lowest BCUT2D eigenvalue weighted by Gasteiger charge is -2.26. The molecular weight excluding hydrogens is 237 g/mol. The van der Waals surface area contributed by atoms with Gasteiger partial charge in [0.05, 0.1) is 6.10 Å². The monoisotopic (exact) mass is 255 g/mol. The summed E-state index contributed by atoms with van der Waals surface area (Å²) in [5.41, 5.74) is 0.394. The van der Waals surface area contributed by atoms with Gasteiger partial charge in [-0.15, -0.1) is 0 Å². The number of benzene rings is 1. The fourth-order valence-electron chi connectivity index (χ4n) is 2.14. The van der Waals surface area contributed by atoms with Gasteiger partial charge in [-0.3, -0.25) is 4.90 Å². The zero-order valence-corrected chi connectivity index (χ0v) is 10.8. The number of aliphatic hydroxyl groups is 1. The van der Waals surface area contributed by atoms with Crippen LogP contribution in [0.5, 0.6) is 0 Å². The first-order valence-electron chi connectivity index (χ1n) is 5.89. The normalized spacial score (nSPS) is 22.0. The number of thioether (sulfide) groups is 1. The van der Waals surface area contributed by atoms with Gasteiger partial charge >= 0.3 is 0 Å². The van der Waals surface area contributed by atoms with E-state index in [1.54, 1.807) is 18.2 Å². The molecule has 0 radical (unpaired) electrons. The van der Waals surface area contributed by atoms with E-state index < -0.39 is 6.10 Å². The van der Waals surface area contributed by atoms with E-state index in [0.29, 0.717) is 18.2 Å². The quantitative estimate of drug-likeness (QED) is 0.893. The Labute approximate surface area is 106 Å². The van der Waals surface area contributed by atoms with Crippen LogP contribution < -0.4 is 0 Å². The fourth-order valence-corrected chi connectivity index (χ4v) is 3.43. The smallest absolute Gasteiger partial charge is 0.129 e. The number of rotatable bonds is 4. The molecule has 1 aliphatic heterocycles. The summed E-state index contributed by atoms with van der Waals surface area (Å²) < 4.78 is 13.5. The first kappa shape index (κ1) is 12.9. The predicted molar refractivity (Wildman–Crippen MR) is 69.7 cm³/mol. The molecule has 1 aromatic rings. The van der Waals surface area contributed by atoms with E-state index in [1.165, 1.54) is 11.8 Å². The molecule has 0 bridgehead atoms. The van der Waals surface area contributed by atoms with Crippen LogP contribution in [-0.2, 0) is 0 Å². The second-order valence-corrected chi connectivity index (χ2v) is 5.64. The van der Waals surface area contributed by atoms with Gasteiger partial charge in [0.2, 0.25) is 0 Å². The molecule has 1 N–H and O–H groups in total. The van der Waals surface area contributed by atoms with Crippen molar-refractivity contribution in [3.05, 3.63) is 35.6 Å². The van der Waals surface area contributed by atoms with Crippen LogP contribution in [0, 0.1) is 5.82 Å². The lowest BCUT2D eigenvalue weighted by atomic mass is 10.1. The van der Waals surface area contributed by atoms with E-state index in [9.17, 15) is 9.50 Å². The summed E-state index contributed by atoms with van der Waals surface area (Å²) in [6, 6.07) is 6.96. The van der Waals surface area contributed by atoms with Gasteiger partial charge in [-0.2, -0.15) is 11.8 Å². The summed E-state index contributed by atoms with van der Waals surface area (Å²) in [6.07, 6.45) is 0.414. The molecule has 2 nitrogen and oxygen atoms in total. The van der Waals surface area contributed by atoms with E-state index in [2.05, 4.69) is 4.90 Å². The molecule has 17 heavy (non-hydrogen) atoms. The molecule has 1 aromatic carbocycles. The first-order chi connectivity index (χ1) is 8.18. The molecule has 94 valence electrons. The zero-order chi connectivity index (χ0) is 12.3. The van der Waals surface area contributed by atoms with Crippen LogP contribution in [-0.4, -0.2) is 41.1 Å². The highest BCUT2D eigenvalue weighted by atomic mass is 32.2. The summed E-state index contributed by atoms with van der Waals surface area (Å²) in [5.74, 6) is 1.97. The molecule has 1 heterocycles. The van der Waals surface area contributed by atoms with Crippen LogP contribution >= 0.6 is 11.8 Å². The summed E-state index contributed by atoms with van der Waals surface area (Å²) in [6.45, 7) is 0.492. The van der Waals surface area contributed by atoms with Crippen molar-refractivity contribution in [3.8, 4) is 0 Å². The Morgan fingerprint density at radius 1 is 1.53 bits per heavy atom. The zero-order valence-electron chi connectivity index (χ0n) is 9.97. The predicted octanol–water partition coefficient (Wildman–Crippen LogP) is 2.30. The average molecular weight is 255 g/mol. The Morgan fingerprint density at radius 2 is 2.29 bits per heavy atom. The minimum atomic E-state index is -0.744. The van der Waals surface area contributed by atoms with Crippen molar-refractivity contribution >= 4 is 11.8 Å². The molecule has 0 amide bonds. The van der Waals surface area contributed by atoms with E-state index in [0.717, 1.165) is 12.2 Å². The Kier molecular flexibility index (Phi) is 4.42. The molecule has 2 unspecified atom stereocenters. The maximum absolute atomic E-state index is 13.5. The third kappa shape index (κ3) is 3.21. The average Bonchev–Trinajstić information content (AvgIpc) is 2.82. The molecule has 2 atom stereocenters. The van der Waals surface area contributed by atoms with Gasteiger partial charge in [-0.25, -0.2) is 4.39 Å². The fraction of sp³-hybridized carbons (Fsp3) is 0.538. The van der Waals surface area contributed by atoms with Gasteiger partial charge in [0, 0.05) is 23.9 Å². The standard InChI is InChI=1S/C13H18FNOS/c1-15(10-6-7-17-9-10)8-13(16)11-4-2-3-5-12(11)14/h2-5,10,13,16H,6-9H2,1H3. The number of halogens is 1. The van der Waals surface area contributed by atoms with Crippen molar-refractivity contribution < 1.29 is 9.50 Å². The molecular formula is C13H18FNOS. The maximum atomic E-state index is 13.5. The van der Waals surface area contributed by atoms with Gasteiger partial charge in [0.15, 0.2) is 0 Å². The molecule has 0 saturated carbocycles. The highest BCUT2D eigenvalue weighted by Gasteiger charge is 2.23. The number of likely N-dealkylation sites (N-methyl/N-ethyl adjacent to an activating group) is 1. The van der Waals surface area contributed by atoms with Gasteiger partial charge in [0.25, 0.3) is 0 Å². The molecule has 1 fully saturated rings. The van der Waals surface area contributed by atoms with Crippen LogP contribution in [0.15, 0.2) is 24.3 Å². The van der Waals surface area contributed by atoms with Crippen molar-refractivity contribution in [1.82, 2.24) is 4.90 Å². The van der Waals surface area contributed by atoms with Crippen LogP contribution in [0.3, 0.4) is 0 Å². The minimum Gasteiger partial charge on any atom is -0.387 e. The summed E-state index contributed by atoms with van der Waals surface area (Å²) >= 11 is 1.94. The van der Waals surface area contributed by atoms with Crippen molar-refractivity contribution in [1.29, 1.82) is 0 Å². The molecule has 1 aliphatic rings. The van der Waals surface area contributed by atoms with E-state index >= 15 is 0 Å². The minimum absolute atomic E-state index is 0.325. The third-order valence-electron chi connectivity index (χ3n) is 3.25. The molecule has 4 heteroatoms. The number of hydrogen-bond acceptors (Lipinski definition) is 3. The molecule has 0 aromatic heterocycles. The van der Waals surface area contributed by atoms with E-state index in [1.807, 2.05) is 18.8 Å². The summed E-state index contributed by atoms with van der Waals surface area (Å²) in [4.78, 5) is 2.14. The van der Waals surface area contributed by atoms with Gasteiger partial charge in [-0.05, 0) is 25.3 Å². The second kappa shape index (κ2) is 5.85. The highest BCUT2D eigenvalue weighted by Crippen LogP contribution is 2.24.